The Bertz CT molecular complexity index is 941. The number of anilines is 1. The van der Waals surface area contributed by atoms with Gasteiger partial charge in [0.15, 0.2) is 0 Å². The lowest BCUT2D eigenvalue weighted by molar-refractivity contribution is -0.385. The zero-order valence-corrected chi connectivity index (χ0v) is 11.1. The maximum absolute atomic E-state index is 12.2. The summed E-state index contributed by atoms with van der Waals surface area (Å²) in [5.74, 6) is -0.593. The molecule has 3 N–H and O–H groups in total. The molecule has 3 aromatic rings. The summed E-state index contributed by atoms with van der Waals surface area (Å²) in [6.07, 6.45) is 0. The summed E-state index contributed by atoms with van der Waals surface area (Å²) in [5.41, 5.74) is 0.911. The fraction of sp³-hybridized carbons (Fsp3) is 0. The number of carbonyl (C=O) groups is 1. The van der Waals surface area contributed by atoms with Crippen molar-refractivity contribution in [3.05, 3.63) is 68.6 Å². The SMILES string of the molecule is O=C(Nc1ccc2[nH]c(=O)[nH]c2c1)c1ccccc1[N+](=O)[O-]. The highest BCUT2D eigenvalue weighted by molar-refractivity contribution is 6.07. The number of hydrogen-bond acceptors (Lipinski definition) is 4. The number of nitrogens with one attached hydrogen (secondary N) is 3. The van der Waals surface area contributed by atoms with E-state index in [4.69, 9.17) is 0 Å². The van der Waals surface area contributed by atoms with Gasteiger partial charge in [-0.15, -0.1) is 0 Å². The molecule has 0 bridgehead atoms. The van der Waals surface area contributed by atoms with Gasteiger partial charge in [0, 0.05) is 11.8 Å². The van der Waals surface area contributed by atoms with Crippen molar-refractivity contribution in [2.24, 2.45) is 0 Å². The second kappa shape index (κ2) is 5.17. The summed E-state index contributed by atoms with van der Waals surface area (Å²) < 4.78 is 0. The highest BCUT2D eigenvalue weighted by Crippen LogP contribution is 2.20. The summed E-state index contributed by atoms with van der Waals surface area (Å²) in [6, 6.07) is 10.5. The Morgan fingerprint density at radius 1 is 1.09 bits per heavy atom. The Labute approximate surface area is 122 Å². The molecule has 0 unspecified atom stereocenters. The van der Waals surface area contributed by atoms with Crippen LogP contribution in [0.5, 0.6) is 0 Å². The van der Waals surface area contributed by atoms with E-state index in [1.54, 1.807) is 24.3 Å². The molecule has 8 nitrogen and oxygen atoms in total. The van der Waals surface area contributed by atoms with Gasteiger partial charge in [0.25, 0.3) is 11.6 Å². The number of para-hydroxylation sites is 1. The number of rotatable bonds is 3. The molecule has 1 amide bonds. The maximum Gasteiger partial charge on any atom is 0.323 e. The number of aromatic amines is 2. The van der Waals surface area contributed by atoms with Crippen molar-refractivity contribution < 1.29 is 9.72 Å². The van der Waals surface area contributed by atoms with E-state index in [1.807, 2.05) is 0 Å². The number of carbonyl (C=O) groups excluding carboxylic acids is 1. The first-order valence-electron chi connectivity index (χ1n) is 6.31. The lowest BCUT2D eigenvalue weighted by Crippen LogP contribution is -2.13. The Morgan fingerprint density at radius 2 is 1.82 bits per heavy atom. The molecule has 22 heavy (non-hydrogen) atoms. The number of nitro benzene ring substituents is 1. The summed E-state index contributed by atoms with van der Waals surface area (Å²) >= 11 is 0. The number of fused-ring (bicyclic) bond motifs is 1. The summed E-state index contributed by atoms with van der Waals surface area (Å²) in [6.45, 7) is 0. The van der Waals surface area contributed by atoms with Crippen molar-refractivity contribution in [1.29, 1.82) is 0 Å². The van der Waals surface area contributed by atoms with Crippen LogP contribution in [0.25, 0.3) is 11.0 Å². The average Bonchev–Trinajstić information content (AvgIpc) is 2.86. The van der Waals surface area contributed by atoms with Crippen LogP contribution in [-0.2, 0) is 0 Å². The van der Waals surface area contributed by atoms with Crippen molar-refractivity contribution in [3.8, 4) is 0 Å². The van der Waals surface area contributed by atoms with Crippen LogP contribution in [-0.4, -0.2) is 20.8 Å². The molecule has 0 radical (unpaired) electrons. The third kappa shape index (κ3) is 2.44. The van der Waals surface area contributed by atoms with E-state index in [1.165, 1.54) is 18.2 Å². The Kier molecular flexibility index (Phi) is 3.18. The predicted molar refractivity (Wildman–Crippen MR) is 80.0 cm³/mol. The van der Waals surface area contributed by atoms with Gasteiger partial charge in [-0.2, -0.15) is 0 Å². The molecular formula is C14H10N4O4. The fourth-order valence-corrected chi connectivity index (χ4v) is 2.13. The van der Waals surface area contributed by atoms with Crippen LogP contribution in [0, 0.1) is 10.1 Å². The van der Waals surface area contributed by atoms with E-state index in [9.17, 15) is 19.7 Å². The second-order valence-electron chi connectivity index (χ2n) is 4.57. The fourth-order valence-electron chi connectivity index (χ4n) is 2.13. The number of hydrogen-bond donors (Lipinski definition) is 3. The Balaban J connectivity index is 1.93. The quantitative estimate of drug-likeness (QED) is 0.506. The van der Waals surface area contributed by atoms with Crippen molar-refractivity contribution in [2.45, 2.75) is 0 Å². The minimum atomic E-state index is -0.609. The minimum Gasteiger partial charge on any atom is -0.322 e. The smallest absolute Gasteiger partial charge is 0.322 e. The van der Waals surface area contributed by atoms with Crippen LogP contribution in [0.3, 0.4) is 0 Å². The number of benzene rings is 2. The molecule has 0 spiro atoms. The van der Waals surface area contributed by atoms with Gasteiger partial charge in [0.2, 0.25) is 0 Å². The van der Waals surface area contributed by atoms with Crippen LogP contribution in [0.1, 0.15) is 10.4 Å². The molecule has 1 aromatic heterocycles. The summed E-state index contributed by atoms with van der Waals surface area (Å²) in [7, 11) is 0. The van der Waals surface area contributed by atoms with Gasteiger partial charge in [-0.1, -0.05) is 12.1 Å². The highest BCUT2D eigenvalue weighted by Gasteiger charge is 2.19. The van der Waals surface area contributed by atoms with E-state index in [0.717, 1.165) is 0 Å². The molecule has 0 aliphatic rings. The third-order valence-corrected chi connectivity index (χ3v) is 3.12. The number of imidazole rings is 1. The number of aromatic nitrogens is 2. The lowest BCUT2D eigenvalue weighted by atomic mass is 10.1. The molecule has 0 aliphatic carbocycles. The van der Waals surface area contributed by atoms with E-state index in [0.29, 0.717) is 16.7 Å². The first-order chi connectivity index (χ1) is 10.5. The van der Waals surface area contributed by atoms with Crippen LogP contribution in [0.15, 0.2) is 47.3 Å². The number of amides is 1. The van der Waals surface area contributed by atoms with Crippen LogP contribution >= 0.6 is 0 Å². The molecular weight excluding hydrogens is 288 g/mol. The van der Waals surface area contributed by atoms with E-state index in [-0.39, 0.29) is 16.9 Å². The molecule has 0 aliphatic heterocycles. The van der Waals surface area contributed by atoms with Gasteiger partial charge >= 0.3 is 5.69 Å². The van der Waals surface area contributed by atoms with Crippen LogP contribution in [0.2, 0.25) is 0 Å². The molecule has 2 aromatic carbocycles. The number of nitro groups is 1. The lowest BCUT2D eigenvalue weighted by Gasteiger charge is -2.05. The average molecular weight is 298 g/mol. The topological polar surface area (TPSA) is 121 Å². The third-order valence-electron chi connectivity index (χ3n) is 3.12. The first kappa shape index (κ1) is 13.6. The molecule has 3 rings (SSSR count). The largest absolute Gasteiger partial charge is 0.323 e. The zero-order chi connectivity index (χ0) is 15.7. The number of nitrogens with zero attached hydrogens (tertiary/aromatic N) is 1. The Morgan fingerprint density at radius 3 is 2.59 bits per heavy atom. The maximum atomic E-state index is 12.2. The van der Waals surface area contributed by atoms with Crippen LogP contribution < -0.4 is 11.0 Å². The summed E-state index contributed by atoms with van der Waals surface area (Å²) in [5, 5.41) is 13.5. The standard InChI is InChI=1S/C14H10N4O4/c19-13(9-3-1-2-4-12(9)18(21)22)15-8-5-6-10-11(7-8)17-14(20)16-10/h1-7H,(H,15,19)(H2,16,17,20). The van der Waals surface area contributed by atoms with Gasteiger partial charge in [-0.25, -0.2) is 4.79 Å². The van der Waals surface area contributed by atoms with Gasteiger partial charge in [0.1, 0.15) is 5.56 Å². The highest BCUT2D eigenvalue weighted by atomic mass is 16.6. The normalized spacial score (nSPS) is 10.5. The summed E-state index contributed by atoms with van der Waals surface area (Å²) in [4.78, 5) is 38.9. The van der Waals surface area contributed by atoms with Gasteiger partial charge in [-0.3, -0.25) is 14.9 Å². The van der Waals surface area contributed by atoms with E-state index >= 15 is 0 Å². The van der Waals surface area contributed by atoms with Crippen molar-refractivity contribution in [2.75, 3.05) is 5.32 Å². The van der Waals surface area contributed by atoms with Gasteiger partial charge < -0.3 is 15.3 Å². The van der Waals surface area contributed by atoms with Gasteiger partial charge in [-0.05, 0) is 24.3 Å². The molecule has 0 fully saturated rings. The van der Waals surface area contributed by atoms with Crippen LogP contribution in [0.4, 0.5) is 11.4 Å². The zero-order valence-electron chi connectivity index (χ0n) is 11.1. The predicted octanol–water partition coefficient (Wildman–Crippen LogP) is 2.02. The monoisotopic (exact) mass is 298 g/mol. The first-order valence-corrected chi connectivity index (χ1v) is 6.31. The Hall–Kier alpha value is -3.42. The molecule has 0 saturated carbocycles. The molecule has 1 heterocycles. The second-order valence-corrected chi connectivity index (χ2v) is 4.57. The molecule has 8 heteroatoms. The van der Waals surface area contributed by atoms with Crippen molar-refractivity contribution in [3.63, 3.8) is 0 Å². The van der Waals surface area contributed by atoms with Crippen molar-refractivity contribution in [1.82, 2.24) is 9.97 Å². The number of H-pyrrole nitrogens is 2. The van der Waals surface area contributed by atoms with Gasteiger partial charge in [0.05, 0.1) is 16.0 Å². The van der Waals surface area contributed by atoms with Crippen molar-refractivity contribution >= 4 is 28.3 Å². The molecule has 0 atom stereocenters. The minimum absolute atomic E-state index is 0.0323. The van der Waals surface area contributed by atoms with E-state index in [2.05, 4.69) is 15.3 Å². The molecule has 110 valence electrons. The van der Waals surface area contributed by atoms with E-state index < -0.39 is 10.8 Å². The molecule has 0 saturated heterocycles.